The Balaban J connectivity index is 2.83. The second-order valence-electron chi connectivity index (χ2n) is 4.07. The van der Waals surface area contributed by atoms with E-state index in [0.717, 1.165) is 0 Å². The van der Waals surface area contributed by atoms with Gasteiger partial charge in [-0.25, -0.2) is 4.79 Å². The zero-order valence-electron chi connectivity index (χ0n) is 10.5. The molecule has 0 saturated heterocycles. The zero-order chi connectivity index (χ0) is 13.4. The van der Waals surface area contributed by atoms with Gasteiger partial charge in [0.15, 0.2) is 11.5 Å². The average Bonchev–Trinajstić information content (AvgIpc) is 2.58. The molecule has 0 spiro atoms. The number of ether oxygens (including phenoxy) is 1. The molecule has 2 N–H and O–H groups in total. The number of esters is 1. The lowest BCUT2D eigenvalue weighted by molar-refractivity contribution is 0.0527. The van der Waals surface area contributed by atoms with Gasteiger partial charge in [0.05, 0.1) is 23.1 Å². The van der Waals surface area contributed by atoms with Crippen LogP contribution in [0.3, 0.4) is 0 Å². The molecule has 96 valence electrons. The highest BCUT2D eigenvalue weighted by atomic mass is 16.5. The Hall–Kier alpha value is -2.17. The number of phenols is 2. The van der Waals surface area contributed by atoms with Crippen LogP contribution in [-0.2, 0) is 11.8 Å². The van der Waals surface area contributed by atoms with Gasteiger partial charge in [-0.15, -0.1) is 0 Å². The molecule has 0 atom stereocenters. The van der Waals surface area contributed by atoms with Gasteiger partial charge in [-0.3, -0.25) is 0 Å². The normalized spacial score (nSPS) is 10.8. The van der Waals surface area contributed by atoms with Crippen LogP contribution >= 0.6 is 0 Å². The Bertz CT molecular complexity index is 628. The number of nitrogens with zero attached hydrogens (tertiary/aromatic N) is 1. The molecule has 0 saturated carbocycles. The van der Waals surface area contributed by atoms with Crippen molar-refractivity contribution in [1.29, 1.82) is 0 Å². The van der Waals surface area contributed by atoms with E-state index in [-0.39, 0.29) is 18.1 Å². The first-order chi connectivity index (χ1) is 8.49. The fraction of sp³-hybridized carbons (Fsp3) is 0.308. The number of aromatic hydroxyl groups is 2. The lowest BCUT2D eigenvalue weighted by Crippen LogP contribution is -2.06. The third-order valence-electron chi connectivity index (χ3n) is 3.09. The van der Waals surface area contributed by atoms with Crippen molar-refractivity contribution in [2.75, 3.05) is 6.61 Å². The molecule has 0 fully saturated rings. The molecule has 5 heteroatoms. The first-order valence-corrected chi connectivity index (χ1v) is 5.66. The highest BCUT2D eigenvalue weighted by Crippen LogP contribution is 2.38. The van der Waals surface area contributed by atoms with E-state index in [1.54, 1.807) is 31.5 Å². The summed E-state index contributed by atoms with van der Waals surface area (Å²) in [7, 11) is 1.79. The number of fused-ring (bicyclic) bond motifs is 1. The number of benzene rings is 1. The van der Waals surface area contributed by atoms with Crippen molar-refractivity contribution >= 4 is 16.9 Å². The van der Waals surface area contributed by atoms with Crippen molar-refractivity contribution in [3.8, 4) is 11.5 Å². The largest absolute Gasteiger partial charge is 0.504 e. The smallest absolute Gasteiger partial charge is 0.340 e. The summed E-state index contributed by atoms with van der Waals surface area (Å²) in [5.74, 6) is -1.04. The predicted molar refractivity (Wildman–Crippen MR) is 66.9 cm³/mol. The second-order valence-corrected chi connectivity index (χ2v) is 4.07. The van der Waals surface area contributed by atoms with Crippen LogP contribution in [-0.4, -0.2) is 27.4 Å². The zero-order valence-corrected chi connectivity index (χ0v) is 10.5. The van der Waals surface area contributed by atoms with Crippen LogP contribution < -0.4 is 0 Å². The molecule has 2 rings (SSSR count). The number of carbonyl (C=O) groups is 1. The number of hydrogen-bond acceptors (Lipinski definition) is 4. The molecular weight excluding hydrogens is 234 g/mol. The number of rotatable bonds is 2. The highest BCUT2D eigenvalue weighted by molar-refractivity contribution is 6.09. The molecule has 1 aromatic carbocycles. The van der Waals surface area contributed by atoms with Crippen molar-refractivity contribution in [3.05, 3.63) is 23.4 Å². The molecule has 2 aromatic rings. The Morgan fingerprint density at radius 3 is 2.67 bits per heavy atom. The third kappa shape index (κ3) is 1.59. The Morgan fingerprint density at radius 1 is 1.39 bits per heavy atom. The topological polar surface area (TPSA) is 71.7 Å². The molecule has 0 radical (unpaired) electrons. The molecule has 1 heterocycles. The summed E-state index contributed by atoms with van der Waals surface area (Å²) < 4.78 is 6.76. The maximum atomic E-state index is 11.9. The molecule has 0 aliphatic rings. The Labute approximate surface area is 104 Å². The van der Waals surface area contributed by atoms with Gasteiger partial charge in [-0.05, 0) is 26.0 Å². The molecule has 1 aromatic heterocycles. The van der Waals surface area contributed by atoms with Crippen LogP contribution in [0.1, 0.15) is 23.0 Å². The summed E-state index contributed by atoms with van der Waals surface area (Å²) in [5.41, 5.74) is 1.65. The molecule has 0 bridgehead atoms. The fourth-order valence-electron chi connectivity index (χ4n) is 2.08. The summed E-state index contributed by atoms with van der Waals surface area (Å²) >= 11 is 0. The van der Waals surface area contributed by atoms with Gasteiger partial charge in [0.1, 0.15) is 0 Å². The molecule has 0 aliphatic heterocycles. The molecule has 0 aliphatic carbocycles. The minimum Gasteiger partial charge on any atom is -0.504 e. The van der Waals surface area contributed by atoms with E-state index in [2.05, 4.69) is 0 Å². The maximum absolute atomic E-state index is 11.9. The van der Waals surface area contributed by atoms with Gasteiger partial charge < -0.3 is 19.5 Å². The summed E-state index contributed by atoms with van der Waals surface area (Å²) in [6.07, 6.45) is 0. The van der Waals surface area contributed by atoms with Crippen molar-refractivity contribution in [3.63, 3.8) is 0 Å². The van der Waals surface area contributed by atoms with Gasteiger partial charge in [0.2, 0.25) is 0 Å². The van der Waals surface area contributed by atoms with Gasteiger partial charge in [0.25, 0.3) is 0 Å². The fourth-order valence-corrected chi connectivity index (χ4v) is 2.08. The van der Waals surface area contributed by atoms with E-state index >= 15 is 0 Å². The molecule has 5 nitrogen and oxygen atoms in total. The van der Waals surface area contributed by atoms with Gasteiger partial charge in [-0.1, -0.05) is 0 Å². The minimum absolute atomic E-state index is 0.251. The van der Waals surface area contributed by atoms with Crippen LogP contribution in [0.25, 0.3) is 10.9 Å². The van der Waals surface area contributed by atoms with E-state index in [1.165, 1.54) is 6.07 Å². The first kappa shape index (κ1) is 12.3. The third-order valence-corrected chi connectivity index (χ3v) is 3.09. The van der Waals surface area contributed by atoms with Crippen molar-refractivity contribution < 1.29 is 19.7 Å². The SMILES string of the molecule is CCOC(=O)c1c(C)n(C)c2ccc(O)c(O)c12. The number of hydrogen-bond donors (Lipinski definition) is 2. The van der Waals surface area contributed by atoms with Crippen LogP contribution in [0, 0.1) is 6.92 Å². The van der Waals surface area contributed by atoms with Crippen LogP contribution in [0.2, 0.25) is 0 Å². The number of phenolic OH excluding ortho intramolecular Hbond substituents is 2. The van der Waals surface area contributed by atoms with Gasteiger partial charge in [-0.2, -0.15) is 0 Å². The maximum Gasteiger partial charge on any atom is 0.340 e. The lowest BCUT2D eigenvalue weighted by Gasteiger charge is -2.03. The monoisotopic (exact) mass is 249 g/mol. The second kappa shape index (κ2) is 4.25. The minimum atomic E-state index is -0.499. The number of aryl methyl sites for hydroxylation is 1. The molecule has 0 unspecified atom stereocenters. The van der Waals surface area contributed by atoms with Gasteiger partial charge >= 0.3 is 5.97 Å². The van der Waals surface area contributed by atoms with Gasteiger partial charge in [0, 0.05) is 12.7 Å². The van der Waals surface area contributed by atoms with E-state index < -0.39 is 5.97 Å². The van der Waals surface area contributed by atoms with E-state index in [4.69, 9.17) is 4.74 Å². The highest BCUT2D eigenvalue weighted by Gasteiger charge is 2.23. The predicted octanol–water partition coefficient (Wildman–Crippen LogP) is 2.07. The Kier molecular flexibility index (Phi) is 2.90. The average molecular weight is 249 g/mol. The van der Waals surface area contributed by atoms with Crippen LogP contribution in [0.15, 0.2) is 12.1 Å². The van der Waals surface area contributed by atoms with Crippen molar-refractivity contribution in [2.24, 2.45) is 7.05 Å². The number of aromatic nitrogens is 1. The Morgan fingerprint density at radius 2 is 2.06 bits per heavy atom. The van der Waals surface area contributed by atoms with E-state index in [1.807, 2.05) is 0 Å². The molecule has 18 heavy (non-hydrogen) atoms. The van der Waals surface area contributed by atoms with Crippen LogP contribution in [0.4, 0.5) is 0 Å². The van der Waals surface area contributed by atoms with Crippen LogP contribution in [0.5, 0.6) is 11.5 Å². The summed E-state index contributed by atoms with van der Waals surface area (Å²) in [5, 5.41) is 19.8. The number of carbonyl (C=O) groups excluding carboxylic acids is 1. The van der Waals surface area contributed by atoms with Crippen molar-refractivity contribution in [1.82, 2.24) is 4.57 Å². The summed E-state index contributed by atoms with van der Waals surface area (Å²) in [4.78, 5) is 11.9. The summed E-state index contributed by atoms with van der Waals surface area (Å²) in [6, 6.07) is 3.05. The summed E-state index contributed by atoms with van der Waals surface area (Å²) in [6.45, 7) is 3.74. The molecular formula is C13H15NO4. The molecule has 0 amide bonds. The first-order valence-electron chi connectivity index (χ1n) is 5.66. The van der Waals surface area contributed by atoms with E-state index in [0.29, 0.717) is 22.2 Å². The standard InChI is InChI=1S/C13H15NO4/c1-4-18-13(17)10-7(2)14(3)8-5-6-9(15)12(16)11(8)10/h5-6,15-16H,4H2,1-3H3. The lowest BCUT2D eigenvalue weighted by atomic mass is 10.1. The quantitative estimate of drug-likeness (QED) is 0.631. The van der Waals surface area contributed by atoms with E-state index in [9.17, 15) is 15.0 Å². The van der Waals surface area contributed by atoms with Crippen molar-refractivity contribution in [2.45, 2.75) is 13.8 Å².